The Bertz CT molecular complexity index is 950. The Labute approximate surface area is 161 Å². The van der Waals surface area contributed by atoms with Crippen molar-refractivity contribution in [1.29, 1.82) is 0 Å². The van der Waals surface area contributed by atoms with Crippen LogP contribution in [0.4, 0.5) is 19.0 Å². The highest BCUT2D eigenvalue weighted by molar-refractivity contribution is 5.78. The fourth-order valence-electron chi connectivity index (χ4n) is 3.61. The number of aromatic nitrogens is 2. The summed E-state index contributed by atoms with van der Waals surface area (Å²) >= 11 is 0. The Balaban J connectivity index is 1.36. The second-order valence-corrected chi connectivity index (χ2v) is 6.98. The van der Waals surface area contributed by atoms with Crippen LogP contribution in [0.15, 0.2) is 54.9 Å². The molecule has 3 heterocycles. The van der Waals surface area contributed by atoms with Crippen LogP contribution in [0.1, 0.15) is 11.1 Å². The minimum absolute atomic E-state index is 0.0373. The molecule has 0 spiro atoms. The molecule has 1 saturated heterocycles. The number of hydrogen-bond acceptors (Lipinski definition) is 4. The summed E-state index contributed by atoms with van der Waals surface area (Å²) in [5, 5.41) is 1.12. The molecule has 0 atom stereocenters. The van der Waals surface area contributed by atoms with E-state index in [1.807, 2.05) is 12.1 Å². The molecule has 0 unspecified atom stereocenters. The number of pyridine rings is 2. The van der Waals surface area contributed by atoms with Crippen LogP contribution in [0.25, 0.3) is 10.9 Å². The van der Waals surface area contributed by atoms with Gasteiger partial charge in [-0.1, -0.05) is 18.2 Å². The maximum absolute atomic E-state index is 13.2. The van der Waals surface area contributed by atoms with Gasteiger partial charge in [0.1, 0.15) is 5.82 Å². The van der Waals surface area contributed by atoms with E-state index in [0.717, 1.165) is 43.0 Å². The topological polar surface area (TPSA) is 32.3 Å². The van der Waals surface area contributed by atoms with Gasteiger partial charge in [-0.15, -0.1) is 0 Å². The van der Waals surface area contributed by atoms with Crippen LogP contribution < -0.4 is 4.90 Å². The molecule has 0 N–H and O–H groups in total. The minimum Gasteiger partial charge on any atom is -0.354 e. The number of benzene rings is 1. The molecule has 1 aromatic carbocycles. The summed E-state index contributed by atoms with van der Waals surface area (Å²) in [4.78, 5) is 12.4. The number of fused-ring (bicyclic) bond motifs is 1. The van der Waals surface area contributed by atoms with Gasteiger partial charge in [-0.25, -0.2) is 4.98 Å². The molecule has 4 rings (SSSR count). The zero-order valence-corrected chi connectivity index (χ0v) is 15.4. The van der Waals surface area contributed by atoms with Gasteiger partial charge in [-0.05, 0) is 36.2 Å². The summed E-state index contributed by atoms with van der Waals surface area (Å²) in [6, 6.07) is 12.7. The predicted octanol–water partition coefficient (Wildman–Crippen LogP) is 4.01. The Hall–Kier alpha value is -2.67. The molecule has 2 aromatic heterocycles. The largest absolute Gasteiger partial charge is 0.419 e. The van der Waals surface area contributed by atoms with Crippen molar-refractivity contribution in [2.45, 2.75) is 12.6 Å². The van der Waals surface area contributed by atoms with Crippen molar-refractivity contribution in [1.82, 2.24) is 14.9 Å². The molecule has 0 amide bonds. The van der Waals surface area contributed by atoms with Crippen LogP contribution in [0.2, 0.25) is 0 Å². The maximum atomic E-state index is 13.2. The highest BCUT2D eigenvalue weighted by atomic mass is 19.4. The molecule has 1 aliphatic rings. The van der Waals surface area contributed by atoms with E-state index in [9.17, 15) is 13.2 Å². The van der Waals surface area contributed by atoms with Gasteiger partial charge >= 0.3 is 6.18 Å². The van der Waals surface area contributed by atoms with Crippen LogP contribution in [0.3, 0.4) is 0 Å². The van der Waals surface area contributed by atoms with Crippen molar-refractivity contribution < 1.29 is 13.2 Å². The van der Waals surface area contributed by atoms with Crippen molar-refractivity contribution in [3.05, 3.63) is 66.0 Å². The van der Waals surface area contributed by atoms with E-state index in [2.05, 4.69) is 33.1 Å². The number of hydrogen-bond donors (Lipinski definition) is 0. The average molecular weight is 386 g/mol. The van der Waals surface area contributed by atoms with Crippen LogP contribution in [-0.4, -0.2) is 47.6 Å². The van der Waals surface area contributed by atoms with E-state index < -0.39 is 11.7 Å². The number of anilines is 1. The molecule has 0 saturated carbocycles. The second-order valence-electron chi connectivity index (χ2n) is 6.98. The fourth-order valence-corrected chi connectivity index (χ4v) is 3.61. The van der Waals surface area contributed by atoms with Crippen LogP contribution in [-0.2, 0) is 12.6 Å². The highest BCUT2D eigenvalue weighted by Gasteiger charge is 2.36. The molecule has 0 bridgehead atoms. The Morgan fingerprint density at radius 1 is 0.893 bits per heavy atom. The van der Waals surface area contributed by atoms with Gasteiger partial charge in [0.25, 0.3) is 0 Å². The first-order chi connectivity index (χ1) is 13.5. The molecule has 0 radical (unpaired) electrons. The summed E-state index contributed by atoms with van der Waals surface area (Å²) in [5.41, 5.74) is 1.55. The van der Waals surface area contributed by atoms with E-state index in [4.69, 9.17) is 0 Å². The summed E-state index contributed by atoms with van der Waals surface area (Å²) in [6.07, 6.45) is -0.280. The lowest BCUT2D eigenvalue weighted by Crippen LogP contribution is -2.47. The number of halogens is 3. The van der Waals surface area contributed by atoms with Gasteiger partial charge in [-0.2, -0.15) is 13.2 Å². The summed E-state index contributed by atoms with van der Waals surface area (Å²) in [7, 11) is 0. The third-order valence-electron chi connectivity index (χ3n) is 5.15. The Kier molecular flexibility index (Phi) is 5.17. The third-order valence-corrected chi connectivity index (χ3v) is 5.15. The first-order valence-corrected chi connectivity index (χ1v) is 9.34. The maximum Gasteiger partial charge on any atom is 0.419 e. The number of rotatable bonds is 4. The smallest absolute Gasteiger partial charge is 0.354 e. The molecule has 1 aliphatic heterocycles. The lowest BCUT2D eigenvalue weighted by atomic mass is 10.1. The minimum atomic E-state index is -4.38. The first kappa shape index (κ1) is 18.7. The molecule has 1 fully saturated rings. The molecule has 4 nitrogen and oxygen atoms in total. The Morgan fingerprint density at radius 3 is 2.43 bits per heavy atom. The number of alkyl halides is 3. The van der Waals surface area contributed by atoms with Gasteiger partial charge in [0.15, 0.2) is 0 Å². The third kappa shape index (κ3) is 4.09. The summed E-state index contributed by atoms with van der Waals surface area (Å²) in [5.74, 6) is 0.0373. The average Bonchev–Trinajstić information content (AvgIpc) is 2.72. The lowest BCUT2D eigenvalue weighted by molar-refractivity contribution is -0.137. The second kappa shape index (κ2) is 7.75. The molecule has 3 aromatic rings. The summed E-state index contributed by atoms with van der Waals surface area (Å²) < 4.78 is 39.7. The monoisotopic (exact) mass is 386 g/mol. The quantitative estimate of drug-likeness (QED) is 0.678. The van der Waals surface area contributed by atoms with Crippen molar-refractivity contribution in [3.8, 4) is 0 Å². The number of piperazine rings is 1. The van der Waals surface area contributed by atoms with E-state index in [1.54, 1.807) is 11.1 Å². The fraction of sp³-hybridized carbons (Fsp3) is 0.333. The molecular formula is C21H21F3N4. The van der Waals surface area contributed by atoms with Crippen molar-refractivity contribution in [3.63, 3.8) is 0 Å². The molecule has 28 heavy (non-hydrogen) atoms. The van der Waals surface area contributed by atoms with Gasteiger partial charge in [0.05, 0.1) is 11.1 Å². The standard InChI is InChI=1S/C21H21F3N4/c22-21(23,24)18-4-2-9-26-20(18)28-13-11-27(12-14-28)10-7-16-5-6-17-3-1-8-25-19(17)15-16/h1-6,8-9,15H,7,10-14H2. The van der Waals surface area contributed by atoms with Crippen molar-refractivity contribution in [2.75, 3.05) is 37.6 Å². The van der Waals surface area contributed by atoms with Gasteiger partial charge in [-0.3, -0.25) is 9.88 Å². The van der Waals surface area contributed by atoms with Gasteiger partial charge in [0.2, 0.25) is 0 Å². The van der Waals surface area contributed by atoms with Crippen LogP contribution in [0, 0.1) is 0 Å². The van der Waals surface area contributed by atoms with Gasteiger partial charge in [0, 0.05) is 50.5 Å². The predicted molar refractivity (Wildman–Crippen MR) is 103 cm³/mol. The number of nitrogens with zero attached hydrogens (tertiary/aromatic N) is 4. The van der Waals surface area contributed by atoms with E-state index >= 15 is 0 Å². The highest BCUT2D eigenvalue weighted by Crippen LogP contribution is 2.35. The van der Waals surface area contributed by atoms with E-state index in [1.165, 1.54) is 17.8 Å². The normalized spacial score (nSPS) is 15.9. The molecule has 0 aliphatic carbocycles. The van der Waals surface area contributed by atoms with Crippen LogP contribution >= 0.6 is 0 Å². The van der Waals surface area contributed by atoms with Crippen LogP contribution in [0.5, 0.6) is 0 Å². The van der Waals surface area contributed by atoms with Gasteiger partial charge < -0.3 is 4.90 Å². The summed E-state index contributed by atoms with van der Waals surface area (Å²) in [6.45, 7) is 3.40. The zero-order chi connectivity index (χ0) is 19.6. The van der Waals surface area contributed by atoms with Crippen molar-refractivity contribution in [2.24, 2.45) is 0 Å². The lowest BCUT2D eigenvalue weighted by Gasteiger charge is -2.36. The molecular weight excluding hydrogens is 365 g/mol. The molecule has 146 valence electrons. The van der Waals surface area contributed by atoms with Crippen molar-refractivity contribution >= 4 is 16.7 Å². The Morgan fingerprint density at radius 2 is 1.64 bits per heavy atom. The zero-order valence-electron chi connectivity index (χ0n) is 15.4. The first-order valence-electron chi connectivity index (χ1n) is 9.34. The van der Waals surface area contributed by atoms with E-state index in [0.29, 0.717) is 13.1 Å². The molecule has 7 heteroatoms. The van der Waals surface area contributed by atoms with E-state index in [-0.39, 0.29) is 5.82 Å². The SMILES string of the molecule is FC(F)(F)c1cccnc1N1CCN(CCc2ccc3cccnc3c2)CC1.